The molecular weight excluding hydrogens is 316 g/mol. The Hall–Kier alpha value is -2.11. The van der Waals surface area contributed by atoms with Crippen molar-refractivity contribution in [3.8, 4) is 0 Å². The number of hydrogen-bond acceptors (Lipinski definition) is 4. The minimum Gasteiger partial charge on any atom is -0.301 e. The van der Waals surface area contributed by atoms with Gasteiger partial charge in [-0.25, -0.2) is 4.98 Å². The van der Waals surface area contributed by atoms with E-state index >= 15 is 0 Å². The first-order chi connectivity index (χ1) is 11.8. The van der Waals surface area contributed by atoms with E-state index in [1.54, 1.807) is 18.1 Å². The Kier molecular flexibility index (Phi) is 5.67. The SMILES string of the molecule is CSc1ccccc1C[C@H](C)N[C@@H](c1ccccc1)c1ncn[nH]1. The third kappa shape index (κ3) is 4.04. The lowest BCUT2D eigenvalue weighted by Gasteiger charge is -2.23. The molecule has 124 valence electrons. The number of aromatic amines is 1. The summed E-state index contributed by atoms with van der Waals surface area (Å²) in [5.41, 5.74) is 2.55. The van der Waals surface area contributed by atoms with E-state index in [-0.39, 0.29) is 6.04 Å². The summed E-state index contributed by atoms with van der Waals surface area (Å²) >= 11 is 1.79. The number of hydrogen-bond donors (Lipinski definition) is 2. The van der Waals surface area contributed by atoms with E-state index in [1.807, 2.05) is 18.2 Å². The number of aromatic nitrogens is 3. The van der Waals surface area contributed by atoms with Crippen molar-refractivity contribution in [2.45, 2.75) is 30.3 Å². The fourth-order valence-electron chi connectivity index (χ4n) is 2.88. The summed E-state index contributed by atoms with van der Waals surface area (Å²) in [6.07, 6.45) is 4.65. The number of rotatable bonds is 7. The fourth-order valence-corrected chi connectivity index (χ4v) is 3.51. The lowest BCUT2D eigenvalue weighted by Crippen LogP contribution is -2.33. The fraction of sp³-hybridized carbons (Fsp3) is 0.263. The van der Waals surface area contributed by atoms with Crippen LogP contribution in [0.4, 0.5) is 0 Å². The standard InChI is InChI=1S/C19H22N4S/c1-14(12-16-10-6-7-11-17(16)24-2)22-18(19-20-13-21-23-19)15-8-4-3-5-9-15/h3-11,13-14,18,22H,12H2,1-2H3,(H,20,21,23)/t14-,18-/m0/s1. The van der Waals surface area contributed by atoms with Gasteiger partial charge in [0, 0.05) is 10.9 Å². The molecule has 2 N–H and O–H groups in total. The monoisotopic (exact) mass is 338 g/mol. The van der Waals surface area contributed by atoms with Gasteiger partial charge in [-0.2, -0.15) is 5.10 Å². The van der Waals surface area contributed by atoms with Crippen LogP contribution in [0.1, 0.15) is 29.9 Å². The van der Waals surface area contributed by atoms with Crippen LogP contribution in [0, 0.1) is 0 Å². The van der Waals surface area contributed by atoms with E-state index in [4.69, 9.17) is 0 Å². The van der Waals surface area contributed by atoms with Crippen molar-refractivity contribution in [3.05, 3.63) is 77.9 Å². The molecule has 1 aromatic heterocycles. The van der Waals surface area contributed by atoms with Crippen LogP contribution in [0.5, 0.6) is 0 Å². The maximum atomic E-state index is 4.35. The molecule has 0 bridgehead atoms. The van der Waals surface area contributed by atoms with Crippen LogP contribution in [0.3, 0.4) is 0 Å². The molecule has 0 amide bonds. The highest BCUT2D eigenvalue weighted by Crippen LogP contribution is 2.23. The van der Waals surface area contributed by atoms with Gasteiger partial charge in [0.15, 0.2) is 0 Å². The second-order valence-corrected chi connectivity index (χ2v) is 6.65. The minimum atomic E-state index is 0.00476. The number of benzene rings is 2. The average Bonchev–Trinajstić information content (AvgIpc) is 3.15. The van der Waals surface area contributed by atoms with Gasteiger partial charge in [-0.05, 0) is 36.8 Å². The van der Waals surface area contributed by atoms with Crippen molar-refractivity contribution in [2.24, 2.45) is 0 Å². The van der Waals surface area contributed by atoms with Crippen LogP contribution in [0.15, 0.2) is 65.8 Å². The highest BCUT2D eigenvalue weighted by molar-refractivity contribution is 7.98. The van der Waals surface area contributed by atoms with Gasteiger partial charge in [-0.1, -0.05) is 48.5 Å². The Morgan fingerprint density at radius 1 is 1.08 bits per heavy atom. The lowest BCUT2D eigenvalue weighted by atomic mass is 10.0. The van der Waals surface area contributed by atoms with Crippen molar-refractivity contribution < 1.29 is 0 Å². The largest absolute Gasteiger partial charge is 0.301 e. The van der Waals surface area contributed by atoms with Crippen LogP contribution < -0.4 is 5.32 Å². The molecule has 3 aromatic rings. The van der Waals surface area contributed by atoms with Crippen molar-refractivity contribution in [1.82, 2.24) is 20.5 Å². The first-order valence-corrected chi connectivity index (χ1v) is 9.28. The molecule has 4 nitrogen and oxygen atoms in total. The molecule has 0 unspecified atom stereocenters. The number of nitrogens with zero attached hydrogens (tertiary/aromatic N) is 2. The maximum absolute atomic E-state index is 4.35. The molecule has 3 rings (SSSR count). The average molecular weight is 338 g/mol. The maximum Gasteiger partial charge on any atom is 0.145 e. The zero-order valence-electron chi connectivity index (χ0n) is 13.9. The number of H-pyrrole nitrogens is 1. The Balaban J connectivity index is 1.78. The first-order valence-electron chi connectivity index (χ1n) is 8.06. The smallest absolute Gasteiger partial charge is 0.145 e. The van der Waals surface area contributed by atoms with E-state index in [0.717, 1.165) is 12.2 Å². The molecule has 0 spiro atoms. The lowest BCUT2D eigenvalue weighted by molar-refractivity contribution is 0.480. The molecule has 0 saturated carbocycles. The van der Waals surface area contributed by atoms with Crippen LogP contribution in [0.25, 0.3) is 0 Å². The number of nitrogens with one attached hydrogen (secondary N) is 2. The third-order valence-electron chi connectivity index (χ3n) is 4.01. The van der Waals surface area contributed by atoms with Gasteiger partial charge in [-0.15, -0.1) is 11.8 Å². The van der Waals surface area contributed by atoms with E-state index in [0.29, 0.717) is 6.04 Å². The second-order valence-electron chi connectivity index (χ2n) is 5.80. The van der Waals surface area contributed by atoms with Crippen molar-refractivity contribution in [2.75, 3.05) is 6.26 Å². The molecule has 0 aliphatic rings. The molecule has 24 heavy (non-hydrogen) atoms. The molecule has 2 atom stereocenters. The summed E-state index contributed by atoms with van der Waals surface area (Å²) in [5, 5.41) is 10.7. The molecule has 0 aliphatic heterocycles. The summed E-state index contributed by atoms with van der Waals surface area (Å²) in [4.78, 5) is 5.69. The van der Waals surface area contributed by atoms with Gasteiger partial charge in [0.25, 0.3) is 0 Å². The van der Waals surface area contributed by atoms with Gasteiger partial charge in [0.05, 0.1) is 6.04 Å². The molecule has 0 aliphatic carbocycles. The van der Waals surface area contributed by atoms with Crippen molar-refractivity contribution in [1.29, 1.82) is 0 Å². The highest BCUT2D eigenvalue weighted by atomic mass is 32.2. The second kappa shape index (κ2) is 8.13. The predicted molar refractivity (Wildman–Crippen MR) is 99.2 cm³/mol. The molecule has 2 aromatic carbocycles. The first kappa shape index (κ1) is 16.7. The quantitative estimate of drug-likeness (QED) is 0.643. The highest BCUT2D eigenvalue weighted by Gasteiger charge is 2.19. The van der Waals surface area contributed by atoms with E-state index < -0.39 is 0 Å². The Bertz CT molecular complexity index is 743. The van der Waals surface area contributed by atoms with Gasteiger partial charge in [-0.3, -0.25) is 5.10 Å². The predicted octanol–water partition coefficient (Wildman–Crippen LogP) is 3.84. The molecule has 5 heteroatoms. The molecule has 0 saturated heterocycles. The topological polar surface area (TPSA) is 53.6 Å². The van der Waals surface area contributed by atoms with Crippen molar-refractivity contribution in [3.63, 3.8) is 0 Å². The molecule has 0 radical (unpaired) electrons. The molecule has 0 fully saturated rings. The Labute approximate surface area is 147 Å². The van der Waals surface area contributed by atoms with E-state index in [2.05, 4.69) is 70.1 Å². The summed E-state index contributed by atoms with van der Waals surface area (Å²) < 4.78 is 0. The van der Waals surface area contributed by atoms with Crippen LogP contribution in [-0.4, -0.2) is 27.5 Å². The summed E-state index contributed by atoms with van der Waals surface area (Å²) in [6, 6.07) is 19.2. The zero-order valence-corrected chi connectivity index (χ0v) is 14.8. The van der Waals surface area contributed by atoms with Gasteiger partial charge < -0.3 is 5.32 Å². The Morgan fingerprint density at radius 3 is 2.54 bits per heavy atom. The Morgan fingerprint density at radius 2 is 1.83 bits per heavy atom. The summed E-state index contributed by atoms with van der Waals surface area (Å²) in [5.74, 6) is 0.839. The van der Waals surface area contributed by atoms with Crippen LogP contribution in [-0.2, 0) is 6.42 Å². The zero-order chi connectivity index (χ0) is 16.8. The van der Waals surface area contributed by atoms with Crippen LogP contribution >= 0.6 is 11.8 Å². The van der Waals surface area contributed by atoms with E-state index in [1.165, 1.54) is 16.0 Å². The number of thioether (sulfide) groups is 1. The summed E-state index contributed by atoms with van der Waals surface area (Å²) in [7, 11) is 0. The van der Waals surface area contributed by atoms with Gasteiger partial charge in [0.2, 0.25) is 0 Å². The van der Waals surface area contributed by atoms with Crippen molar-refractivity contribution >= 4 is 11.8 Å². The molecule has 1 heterocycles. The van der Waals surface area contributed by atoms with Crippen LogP contribution in [0.2, 0.25) is 0 Å². The third-order valence-corrected chi connectivity index (χ3v) is 4.85. The van der Waals surface area contributed by atoms with Gasteiger partial charge in [0.1, 0.15) is 12.2 Å². The normalized spacial score (nSPS) is 13.6. The molecular formula is C19H22N4S. The van der Waals surface area contributed by atoms with Gasteiger partial charge >= 0.3 is 0 Å². The minimum absolute atomic E-state index is 0.00476. The summed E-state index contributed by atoms with van der Waals surface area (Å²) in [6.45, 7) is 2.21. The van der Waals surface area contributed by atoms with E-state index in [9.17, 15) is 0 Å².